The Kier molecular flexibility index (Phi) is 5.64. The van der Waals surface area contributed by atoms with Gasteiger partial charge in [-0.15, -0.1) is 0 Å². The smallest absolute Gasteiger partial charge is 0.383 e. The van der Waals surface area contributed by atoms with E-state index in [-0.39, 0.29) is 41.3 Å². The number of amides is 2. The number of anilines is 2. The summed E-state index contributed by atoms with van der Waals surface area (Å²) in [6.45, 7) is 0.799. The Morgan fingerprint density at radius 3 is 2.67 bits per heavy atom. The van der Waals surface area contributed by atoms with Gasteiger partial charge in [-0.05, 0) is 42.4 Å². The van der Waals surface area contributed by atoms with Gasteiger partial charge < -0.3 is 9.74 Å². The van der Waals surface area contributed by atoms with Crippen LogP contribution in [0.4, 0.5) is 29.1 Å². The van der Waals surface area contributed by atoms with Gasteiger partial charge in [-0.2, -0.15) is 13.2 Å². The van der Waals surface area contributed by atoms with Crippen molar-refractivity contribution in [1.29, 1.82) is 0 Å². The fourth-order valence-corrected chi connectivity index (χ4v) is 3.74. The van der Waals surface area contributed by atoms with Crippen LogP contribution in [-0.4, -0.2) is 53.9 Å². The summed E-state index contributed by atoms with van der Waals surface area (Å²) in [5, 5.41) is 3.58. The average Bonchev–Trinajstić information content (AvgIpc) is 3.14. The van der Waals surface area contributed by atoms with Crippen molar-refractivity contribution < 1.29 is 32.0 Å². The van der Waals surface area contributed by atoms with E-state index < -0.39 is 35.4 Å². The second-order valence-corrected chi connectivity index (χ2v) is 7.81. The minimum absolute atomic E-state index is 0.0480. The number of carbonyl (C=O) groups is 2. The largest absolute Gasteiger partial charge is 0.416 e. The Labute approximate surface area is 190 Å². The fraction of sp³-hybridized carbons (Fsp3) is 0.300. The molecule has 3 heterocycles. The summed E-state index contributed by atoms with van der Waals surface area (Å²) in [7, 11) is 1.40. The molecule has 8 nitrogen and oxygen atoms in total. The number of oxime groups is 1. The SMILES string of the molecule is Cc1cc(C(F)(F)F)cc(N2C3=NOCC(=O)N3C[C@H]2C(=O)N(C)c2ccc(F)c(Cl)c2)n1. The molecule has 0 bridgehead atoms. The molecule has 2 aromatic rings. The minimum atomic E-state index is -4.66. The summed E-state index contributed by atoms with van der Waals surface area (Å²) in [5.74, 6) is -2.19. The number of aromatic nitrogens is 1. The lowest BCUT2D eigenvalue weighted by molar-refractivity contribution is -0.137. The number of rotatable bonds is 3. The normalized spacial score (nSPS) is 18.1. The maximum atomic E-state index is 13.5. The van der Waals surface area contributed by atoms with Crippen LogP contribution in [0.25, 0.3) is 0 Å². The molecule has 0 saturated carbocycles. The molecule has 0 radical (unpaired) electrons. The molecule has 1 aromatic carbocycles. The topological polar surface area (TPSA) is 78.3 Å². The van der Waals surface area contributed by atoms with Crippen LogP contribution in [0.1, 0.15) is 11.3 Å². The molecule has 2 aliphatic rings. The fourth-order valence-electron chi connectivity index (χ4n) is 3.57. The maximum Gasteiger partial charge on any atom is 0.416 e. The van der Waals surface area contributed by atoms with E-state index in [0.29, 0.717) is 0 Å². The number of hydrogen-bond acceptors (Lipinski definition) is 6. The van der Waals surface area contributed by atoms with Crippen LogP contribution >= 0.6 is 11.6 Å². The van der Waals surface area contributed by atoms with Gasteiger partial charge in [0.05, 0.1) is 17.1 Å². The third-order valence-corrected chi connectivity index (χ3v) is 5.47. The van der Waals surface area contributed by atoms with Crippen molar-refractivity contribution in [2.24, 2.45) is 5.16 Å². The predicted octanol–water partition coefficient (Wildman–Crippen LogP) is 3.18. The molecule has 13 heteroatoms. The number of pyridine rings is 1. The molecule has 2 aliphatic heterocycles. The second kappa shape index (κ2) is 8.18. The van der Waals surface area contributed by atoms with Crippen LogP contribution in [0.15, 0.2) is 35.5 Å². The minimum Gasteiger partial charge on any atom is -0.383 e. The summed E-state index contributed by atoms with van der Waals surface area (Å²) in [6.07, 6.45) is -4.66. The van der Waals surface area contributed by atoms with Gasteiger partial charge >= 0.3 is 6.18 Å². The van der Waals surface area contributed by atoms with Crippen molar-refractivity contribution in [2.75, 3.05) is 30.0 Å². The van der Waals surface area contributed by atoms with Crippen molar-refractivity contribution in [3.63, 3.8) is 0 Å². The molecule has 0 spiro atoms. The standard InChI is InChI=1S/C20H16ClF4N5O3/c1-10-5-11(20(23,24)25)6-16(26-10)30-15(8-29-17(31)9-33-27-19(29)30)18(32)28(2)12-3-4-14(22)13(21)7-12/h3-7,15H,8-9H2,1-2H3/t15-/m0/s1. The Bertz CT molecular complexity index is 1170. The first-order chi connectivity index (χ1) is 15.5. The highest BCUT2D eigenvalue weighted by Crippen LogP contribution is 2.34. The number of likely N-dealkylation sites (N-methyl/N-ethyl adjacent to an activating group) is 1. The van der Waals surface area contributed by atoms with Gasteiger partial charge in [0, 0.05) is 18.4 Å². The van der Waals surface area contributed by atoms with Crippen LogP contribution in [-0.2, 0) is 20.6 Å². The first-order valence-electron chi connectivity index (χ1n) is 9.55. The zero-order valence-electron chi connectivity index (χ0n) is 17.2. The molecular weight excluding hydrogens is 470 g/mol. The molecule has 0 unspecified atom stereocenters. The lowest BCUT2D eigenvalue weighted by Crippen LogP contribution is -2.48. The molecule has 0 N–H and O–H groups in total. The number of guanidine groups is 1. The third-order valence-electron chi connectivity index (χ3n) is 5.18. The van der Waals surface area contributed by atoms with Gasteiger partial charge in [0.1, 0.15) is 17.7 Å². The number of halogens is 5. The van der Waals surface area contributed by atoms with Crippen LogP contribution in [0.2, 0.25) is 5.02 Å². The van der Waals surface area contributed by atoms with Crippen molar-refractivity contribution in [1.82, 2.24) is 9.88 Å². The summed E-state index contributed by atoms with van der Waals surface area (Å²) < 4.78 is 53.8. The lowest BCUT2D eigenvalue weighted by atomic mass is 10.1. The van der Waals surface area contributed by atoms with Gasteiger partial charge in [-0.3, -0.25) is 19.4 Å². The van der Waals surface area contributed by atoms with Crippen molar-refractivity contribution in [3.8, 4) is 0 Å². The van der Waals surface area contributed by atoms with Gasteiger partial charge in [0.25, 0.3) is 17.8 Å². The Morgan fingerprint density at radius 1 is 1.27 bits per heavy atom. The predicted molar refractivity (Wildman–Crippen MR) is 110 cm³/mol. The highest BCUT2D eigenvalue weighted by atomic mass is 35.5. The van der Waals surface area contributed by atoms with E-state index >= 15 is 0 Å². The van der Waals surface area contributed by atoms with E-state index in [1.54, 1.807) is 0 Å². The number of benzene rings is 1. The number of fused-ring (bicyclic) bond motifs is 1. The molecule has 1 saturated heterocycles. The van der Waals surface area contributed by atoms with E-state index in [9.17, 15) is 27.2 Å². The molecule has 174 valence electrons. The van der Waals surface area contributed by atoms with Crippen LogP contribution < -0.4 is 9.80 Å². The number of carbonyl (C=O) groups excluding carboxylic acids is 2. The average molecular weight is 486 g/mol. The van der Waals surface area contributed by atoms with Crippen molar-refractivity contribution in [3.05, 3.63) is 52.4 Å². The highest BCUT2D eigenvalue weighted by molar-refractivity contribution is 6.31. The number of aryl methyl sites for hydroxylation is 1. The molecule has 1 fully saturated rings. The molecule has 0 aliphatic carbocycles. The molecule has 1 atom stereocenters. The lowest BCUT2D eigenvalue weighted by Gasteiger charge is -2.28. The van der Waals surface area contributed by atoms with Gasteiger partial charge in [-0.25, -0.2) is 9.37 Å². The van der Waals surface area contributed by atoms with Crippen LogP contribution in [0, 0.1) is 12.7 Å². The first kappa shape index (κ1) is 22.8. The molecule has 1 aromatic heterocycles. The third kappa shape index (κ3) is 4.17. The van der Waals surface area contributed by atoms with E-state index in [1.807, 2.05) is 0 Å². The van der Waals surface area contributed by atoms with E-state index in [0.717, 1.165) is 32.9 Å². The van der Waals surface area contributed by atoms with E-state index in [4.69, 9.17) is 16.4 Å². The van der Waals surface area contributed by atoms with Gasteiger partial charge in [-0.1, -0.05) is 11.6 Å². The van der Waals surface area contributed by atoms with Gasteiger partial charge in [0.2, 0.25) is 0 Å². The Hall–Kier alpha value is -3.41. The molecule has 4 rings (SSSR count). The summed E-state index contributed by atoms with van der Waals surface area (Å²) in [4.78, 5) is 38.2. The van der Waals surface area contributed by atoms with Gasteiger partial charge in [0.15, 0.2) is 6.61 Å². The number of nitrogens with zero attached hydrogens (tertiary/aromatic N) is 5. The van der Waals surface area contributed by atoms with Crippen molar-refractivity contribution in [2.45, 2.75) is 19.1 Å². The summed E-state index contributed by atoms with van der Waals surface area (Å²) in [6, 6.07) is 4.09. The zero-order chi connectivity index (χ0) is 24.1. The molecule has 2 amide bonds. The van der Waals surface area contributed by atoms with Crippen molar-refractivity contribution >= 4 is 40.9 Å². The number of alkyl halides is 3. The van der Waals surface area contributed by atoms with E-state index in [2.05, 4.69) is 10.1 Å². The van der Waals surface area contributed by atoms with Crippen LogP contribution in [0.3, 0.4) is 0 Å². The Morgan fingerprint density at radius 2 is 2.00 bits per heavy atom. The first-order valence-corrected chi connectivity index (χ1v) is 9.93. The quantitative estimate of drug-likeness (QED) is 0.624. The summed E-state index contributed by atoms with van der Waals surface area (Å²) in [5.41, 5.74) is -0.683. The maximum absolute atomic E-state index is 13.5. The second-order valence-electron chi connectivity index (χ2n) is 7.40. The monoisotopic (exact) mass is 485 g/mol. The number of hydrogen-bond donors (Lipinski definition) is 0. The summed E-state index contributed by atoms with van der Waals surface area (Å²) >= 11 is 5.81. The van der Waals surface area contributed by atoms with Crippen LogP contribution in [0.5, 0.6) is 0 Å². The highest BCUT2D eigenvalue weighted by Gasteiger charge is 2.47. The molecular formula is C20H16ClF4N5O3. The molecule has 33 heavy (non-hydrogen) atoms. The van der Waals surface area contributed by atoms with E-state index in [1.165, 1.54) is 26.1 Å². The Balaban J connectivity index is 1.78. The zero-order valence-corrected chi connectivity index (χ0v) is 18.0.